The number of nitrogens with zero attached hydrogens (tertiary/aromatic N) is 2. The molecule has 1 heterocycles. The highest BCUT2D eigenvalue weighted by molar-refractivity contribution is 5.93. The fourth-order valence-electron chi connectivity index (χ4n) is 1.88. The van der Waals surface area contributed by atoms with Crippen LogP contribution in [0.2, 0.25) is 0 Å². The summed E-state index contributed by atoms with van der Waals surface area (Å²) in [5.41, 5.74) is 0.848. The zero-order valence-electron chi connectivity index (χ0n) is 12.4. The molecule has 0 aliphatic heterocycles. The van der Waals surface area contributed by atoms with Gasteiger partial charge >= 0.3 is 12.1 Å². The highest BCUT2D eigenvalue weighted by Gasteiger charge is 2.31. The van der Waals surface area contributed by atoms with E-state index in [-0.39, 0.29) is 12.6 Å². The van der Waals surface area contributed by atoms with E-state index in [9.17, 15) is 9.59 Å². The Morgan fingerprint density at radius 3 is 2.64 bits per heavy atom. The van der Waals surface area contributed by atoms with Gasteiger partial charge in [0.05, 0.1) is 7.11 Å². The lowest BCUT2D eigenvalue weighted by Gasteiger charge is -2.24. The van der Waals surface area contributed by atoms with Crippen molar-refractivity contribution in [1.29, 1.82) is 0 Å². The summed E-state index contributed by atoms with van der Waals surface area (Å²) < 4.78 is 9.92. The third kappa shape index (κ3) is 3.63. The van der Waals surface area contributed by atoms with Gasteiger partial charge in [0.25, 0.3) is 0 Å². The van der Waals surface area contributed by atoms with Crippen LogP contribution in [-0.4, -0.2) is 35.2 Å². The summed E-state index contributed by atoms with van der Waals surface area (Å²) >= 11 is 0. The van der Waals surface area contributed by atoms with Crippen LogP contribution in [0, 0.1) is 0 Å². The quantitative estimate of drug-likeness (QED) is 0.855. The lowest BCUT2D eigenvalue weighted by molar-refractivity contribution is -0.141. The Labute approximate surface area is 127 Å². The molecule has 2 rings (SSSR count). The first-order valence-corrected chi connectivity index (χ1v) is 6.70. The monoisotopic (exact) mass is 303 g/mol. The van der Waals surface area contributed by atoms with E-state index in [1.807, 2.05) is 30.3 Å². The fraction of sp³-hybridized carbons (Fsp3) is 0.267. The molecule has 0 saturated heterocycles. The predicted octanol–water partition coefficient (Wildman–Crippen LogP) is 2.11. The maximum Gasteiger partial charge on any atom is 0.417 e. The highest BCUT2D eigenvalue weighted by Crippen LogP contribution is 2.14. The Hall–Kier alpha value is -2.83. The third-order valence-electron chi connectivity index (χ3n) is 3.04. The second-order valence-corrected chi connectivity index (χ2v) is 4.52. The number of anilines is 1. The van der Waals surface area contributed by atoms with E-state index in [1.54, 1.807) is 6.20 Å². The van der Waals surface area contributed by atoms with Crippen molar-refractivity contribution >= 4 is 18.0 Å². The first-order valence-electron chi connectivity index (χ1n) is 6.70. The van der Waals surface area contributed by atoms with Crippen LogP contribution in [-0.2, 0) is 20.9 Å². The van der Waals surface area contributed by atoms with Crippen molar-refractivity contribution in [1.82, 2.24) is 9.97 Å². The summed E-state index contributed by atoms with van der Waals surface area (Å²) in [5, 5.41) is 0. The van der Waals surface area contributed by atoms with Gasteiger partial charge in [-0.1, -0.05) is 30.3 Å². The second-order valence-electron chi connectivity index (χ2n) is 4.52. The molecule has 2 aromatic rings. The van der Waals surface area contributed by atoms with Crippen molar-refractivity contribution in [3.8, 4) is 0 Å². The third-order valence-corrected chi connectivity index (χ3v) is 3.04. The van der Waals surface area contributed by atoms with Crippen LogP contribution in [0.5, 0.6) is 0 Å². The molecule has 7 nitrogen and oxygen atoms in total. The van der Waals surface area contributed by atoms with Gasteiger partial charge in [-0.2, -0.15) is 0 Å². The standard InChI is InChI=1S/C15H17N3O4/c1-11(13(19)21-2)18(14-16-8-9-17-14)15(20)22-10-12-6-4-3-5-7-12/h3-9,11H,10H2,1-2H3,(H,16,17)/t11-/m0/s1. The van der Waals surface area contributed by atoms with E-state index >= 15 is 0 Å². The number of carbonyl (C=O) groups is 2. The van der Waals surface area contributed by atoms with Gasteiger partial charge in [-0.3, -0.25) is 0 Å². The molecule has 116 valence electrons. The van der Waals surface area contributed by atoms with Crippen molar-refractivity contribution in [2.75, 3.05) is 12.0 Å². The normalized spacial score (nSPS) is 11.5. The number of ether oxygens (including phenoxy) is 2. The number of aromatic nitrogens is 2. The number of imidazole rings is 1. The summed E-state index contributed by atoms with van der Waals surface area (Å²) in [7, 11) is 1.26. The minimum Gasteiger partial charge on any atom is -0.467 e. The number of esters is 1. The largest absolute Gasteiger partial charge is 0.467 e. The number of H-pyrrole nitrogens is 1. The van der Waals surface area contributed by atoms with Crippen LogP contribution in [0.4, 0.5) is 10.7 Å². The van der Waals surface area contributed by atoms with E-state index in [2.05, 4.69) is 14.7 Å². The Balaban J connectivity index is 2.11. The number of carbonyl (C=O) groups excluding carboxylic acids is 2. The minimum absolute atomic E-state index is 0.102. The summed E-state index contributed by atoms with van der Waals surface area (Å²) in [4.78, 5) is 31.9. The number of hydrogen-bond acceptors (Lipinski definition) is 5. The highest BCUT2D eigenvalue weighted by atomic mass is 16.6. The van der Waals surface area contributed by atoms with Gasteiger partial charge in [-0.15, -0.1) is 0 Å². The van der Waals surface area contributed by atoms with Gasteiger partial charge in [0.2, 0.25) is 5.95 Å². The zero-order valence-corrected chi connectivity index (χ0v) is 12.4. The van der Waals surface area contributed by atoms with Crippen molar-refractivity contribution in [2.24, 2.45) is 0 Å². The molecule has 7 heteroatoms. The van der Waals surface area contributed by atoms with Crippen molar-refractivity contribution in [3.63, 3.8) is 0 Å². The molecule has 1 aromatic carbocycles. The predicted molar refractivity (Wildman–Crippen MR) is 79.2 cm³/mol. The molecule has 1 aromatic heterocycles. The Bertz CT molecular complexity index is 613. The number of nitrogens with one attached hydrogen (secondary N) is 1. The topological polar surface area (TPSA) is 84.5 Å². The minimum atomic E-state index is -0.862. The van der Waals surface area contributed by atoms with Crippen LogP contribution in [0.25, 0.3) is 0 Å². The molecule has 0 bridgehead atoms. The maximum atomic E-state index is 12.3. The number of rotatable bonds is 5. The number of benzene rings is 1. The average Bonchev–Trinajstić information content (AvgIpc) is 3.07. The molecule has 0 saturated carbocycles. The van der Waals surface area contributed by atoms with Crippen LogP contribution in [0.15, 0.2) is 42.7 Å². The van der Waals surface area contributed by atoms with Gasteiger partial charge in [0.15, 0.2) is 0 Å². The second kappa shape index (κ2) is 7.26. The maximum absolute atomic E-state index is 12.3. The number of aromatic amines is 1. The summed E-state index contributed by atoms with van der Waals surface area (Å²) in [6, 6.07) is 8.40. The molecule has 1 atom stereocenters. The lowest BCUT2D eigenvalue weighted by atomic mass is 10.2. The molecule has 1 amide bonds. The molecule has 0 radical (unpaired) electrons. The number of methoxy groups -OCH3 is 1. The van der Waals surface area contributed by atoms with E-state index in [0.29, 0.717) is 0 Å². The smallest absolute Gasteiger partial charge is 0.417 e. The SMILES string of the molecule is COC(=O)[C@H](C)N(C(=O)OCc1ccccc1)c1ncc[nH]1. The first kappa shape index (κ1) is 15.6. The van der Waals surface area contributed by atoms with Gasteiger partial charge in [0, 0.05) is 12.4 Å². The first-order chi connectivity index (χ1) is 10.6. The van der Waals surface area contributed by atoms with Crippen LogP contribution < -0.4 is 4.90 Å². The average molecular weight is 303 g/mol. The molecular weight excluding hydrogens is 286 g/mol. The van der Waals surface area contributed by atoms with Gasteiger partial charge in [0.1, 0.15) is 12.6 Å². The van der Waals surface area contributed by atoms with Gasteiger partial charge in [-0.05, 0) is 12.5 Å². The lowest BCUT2D eigenvalue weighted by Crippen LogP contribution is -2.45. The summed E-state index contributed by atoms with van der Waals surface area (Å²) in [6.45, 7) is 1.64. The molecule has 22 heavy (non-hydrogen) atoms. The van der Waals surface area contributed by atoms with E-state index in [1.165, 1.54) is 20.2 Å². The van der Waals surface area contributed by atoms with E-state index in [4.69, 9.17) is 4.74 Å². The summed E-state index contributed by atoms with van der Waals surface area (Å²) in [6.07, 6.45) is 2.35. The van der Waals surface area contributed by atoms with Crippen molar-refractivity contribution < 1.29 is 19.1 Å². The van der Waals surface area contributed by atoms with E-state index < -0.39 is 18.1 Å². The Morgan fingerprint density at radius 2 is 2.05 bits per heavy atom. The molecule has 0 spiro atoms. The zero-order chi connectivity index (χ0) is 15.9. The number of amides is 1. The van der Waals surface area contributed by atoms with Gasteiger partial charge < -0.3 is 14.5 Å². The molecule has 0 unspecified atom stereocenters. The Kier molecular flexibility index (Phi) is 5.13. The molecule has 0 fully saturated rings. The van der Waals surface area contributed by atoms with E-state index in [0.717, 1.165) is 10.5 Å². The fourth-order valence-corrected chi connectivity index (χ4v) is 1.88. The van der Waals surface area contributed by atoms with Gasteiger partial charge in [-0.25, -0.2) is 19.5 Å². The summed E-state index contributed by atoms with van der Waals surface area (Å²) in [5.74, 6) is -0.343. The van der Waals surface area contributed by atoms with Crippen molar-refractivity contribution in [3.05, 3.63) is 48.3 Å². The molecule has 0 aliphatic rings. The molecular formula is C15H17N3O4. The Morgan fingerprint density at radius 1 is 1.32 bits per heavy atom. The number of hydrogen-bond donors (Lipinski definition) is 1. The van der Waals surface area contributed by atoms with Crippen LogP contribution in [0.3, 0.4) is 0 Å². The van der Waals surface area contributed by atoms with Crippen LogP contribution in [0.1, 0.15) is 12.5 Å². The van der Waals surface area contributed by atoms with Crippen molar-refractivity contribution in [2.45, 2.75) is 19.6 Å². The van der Waals surface area contributed by atoms with Crippen LogP contribution >= 0.6 is 0 Å². The molecule has 0 aliphatic carbocycles. The molecule has 1 N–H and O–H groups in total.